The first-order valence-corrected chi connectivity index (χ1v) is 7.29. The van der Waals surface area contributed by atoms with E-state index < -0.39 is 34.3 Å². The second-order valence-electron chi connectivity index (χ2n) is 3.24. The number of carbonyl (C=O) groups excluding carboxylic acids is 2. The van der Waals surface area contributed by atoms with Crippen molar-refractivity contribution >= 4 is 34.3 Å². The molecule has 6 nitrogen and oxygen atoms in total. The minimum Gasteiger partial charge on any atom is -0.398 e. The number of hydrogen-bond donors (Lipinski definition) is 2. The molecule has 0 aromatic rings. The lowest BCUT2D eigenvalue weighted by atomic mass is 10.5. The first-order chi connectivity index (χ1) is 8.54. The summed E-state index contributed by atoms with van der Waals surface area (Å²) in [6.45, 7) is 0. The van der Waals surface area contributed by atoms with Crippen LogP contribution in [0.3, 0.4) is 0 Å². The van der Waals surface area contributed by atoms with Crippen LogP contribution in [0.15, 0.2) is 45.2 Å². The van der Waals surface area contributed by atoms with Crippen molar-refractivity contribution in [2.45, 2.75) is 0 Å². The maximum Gasteiger partial charge on any atom is 0.430 e. The summed E-state index contributed by atoms with van der Waals surface area (Å²) in [6.07, 6.45) is 3.21. The van der Waals surface area contributed by atoms with E-state index in [9.17, 15) is 9.59 Å². The van der Waals surface area contributed by atoms with Crippen LogP contribution < -0.4 is 11.5 Å². The van der Waals surface area contributed by atoms with Gasteiger partial charge in [-0.1, -0.05) is 0 Å². The van der Waals surface area contributed by atoms with E-state index in [0.29, 0.717) is 11.4 Å². The summed E-state index contributed by atoms with van der Waals surface area (Å²) in [4.78, 5) is 22.8. The zero-order chi connectivity index (χ0) is 13.1. The molecule has 0 fully saturated rings. The molecular formula is C10H10N2O4S2. The highest BCUT2D eigenvalue weighted by Gasteiger charge is 2.24. The predicted molar refractivity (Wildman–Crippen MR) is 70.2 cm³/mol. The molecule has 2 aliphatic rings. The standard InChI is InChI=1S/C10H10N2O4S2/c11-7-1-3-17(5-7)15-9(13)10(14)16-18-4-2-8(12)6-18/h1-6H,11-12H2. The number of hydrogen-bond acceptors (Lipinski definition) is 6. The first kappa shape index (κ1) is 12.7. The van der Waals surface area contributed by atoms with Crippen molar-refractivity contribution < 1.29 is 18.0 Å². The Kier molecular flexibility index (Phi) is 3.68. The monoisotopic (exact) mass is 286 g/mol. The quantitative estimate of drug-likeness (QED) is 0.736. The van der Waals surface area contributed by atoms with Gasteiger partial charge >= 0.3 is 11.9 Å². The zero-order valence-corrected chi connectivity index (χ0v) is 10.7. The third-order valence-corrected chi connectivity index (χ3v) is 4.31. The fourth-order valence-electron chi connectivity index (χ4n) is 1.06. The summed E-state index contributed by atoms with van der Waals surface area (Å²) < 4.78 is 9.76. The Labute approximate surface area is 109 Å². The van der Waals surface area contributed by atoms with Gasteiger partial charge in [-0.3, -0.25) is 0 Å². The molecule has 0 saturated heterocycles. The molecule has 0 aromatic carbocycles. The Hall–Kier alpha value is -1.80. The molecular weight excluding hydrogens is 276 g/mol. The van der Waals surface area contributed by atoms with Gasteiger partial charge in [-0.2, -0.15) is 0 Å². The van der Waals surface area contributed by atoms with Crippen LogP contribution in [0.2, 0.25) is 0 Å². The van der Waals surface area contributed by atoms with Crippen LogP contribution >= 0.6 is 22.4 Å². The summed E-state index contributed by atoms with van der Waals surface area (Å²) in [5.41, 5.74) is 11.9. The molecule has 18 heavy (non-hydrogen) atoms. The molecule has 0 atom stereocenters. The van der Waals surface area contributed by atoms with E-state index in [1.54, 1.807) is 33.8 Å². The van der Waals surface area contributed by atoms with E-state index in [1.807, 2.05) is 0 Å². The van der Waals surface area contributed by atoms with Crippen molar-refractivity contribution in [2.75, 3.05) is 0 Å². The molecule has 0 aromatic heterocycles. The lowest BCUT2D eigenvalue weighted by molar-refractivity contribution is -0.154. The third kappa shape index (κ3) is 3.11. The van der Waals surface area contributed by atoms with Crippen molar-refractivity contribution in [3.8, 4) is 0 Å². The maximum absolute atomic E-state index is 11.4. The number of rotatable bonds is 2. The van der Waals surface area contributed by atoms with Crippen LogP contribution in [-0.2, 0) is 18.0 Å². The van der Waals surface area contributed by atoms with E-state index in [-0.39, 0.29) is 0 Å². The molecule has 0 bridgehead atoms. The van der Waals surface area contributed by atoms with Crippen LogP contribution in [0.5, 0.6) is 0 Å². The van der Waals surface area contributed by atoms with Gasteiger partial charge in [0.25, 0.3) is 0 Å². The van der Waals surface area contributed by atoms with Gasteiger partial charge in [0.05, 0.1) is 0 Å². The fourth-order valence-corrected chi connectivity index (χ4v) is 3.19. The fraction of sp³-hybridized carbons (Fsp3) is 0. The highest BCUT2D eigenvalue weighted by molar-refractivity contribution is 8.19. The summed E-state index contributed by atoms with van der Waals surface area (Å²) in [5.74, 6) is -2.09. The molecule has 0 amide bonds. The van der Waals surface area contributed by atoms with Crippen LogP contribution in [0.1, 0.15) is 0 Å². The Morgan fingerprint density at radius 1 is 0.889 bits per heavy atom. The minimum atomic E-state index is -1.05. The Morgan fingerprint density at radius 2 is 1.28 bits per heavy atom. The van der Waals surface area contributed by atoms with Gasteiger partial charge in [0, 0.05) is 55.4 Å². The summed E-state index contributed by atoms with van der Waals surface area (Å²) in [6, 6.07) is 0. The minimum absolute atomic E-state index is 0.496. The number of carbonyl (C=O) groups is 2. The van der Waals surface area contributed by atoms with Crippen molar-refractivity contribution in [3.05, 3.63) is 45.2 Å². The zero-order valence-electron chi connectivity index (χ0n) is 9.07. The topological polar surface area (TPSA) is 105 Å². The molecule has 2 rings (SSSR count). The second kappa shape index (κ2) is 5.23. The molecule has 2 radical (unpaired) electrons. The highest BCUT2D eigenvalue weighted by atomic mass is 32.2. The summed E-state index contributed by atoms with van der Waals surface area (Å²) in [7, 11) is 0. The summed E-state index contributed by atoms with van der Waals surface area (Å²) in [5, 5.41) is 6.27. The average Bonchev–Trinajstić information content (AvgIpc) is 2.88. The Morgan fingerprint density at radius 3 is 1.56 bits per heavy atom. The lowest BCUT2D eigenvalue weighted by Gasteiger charge is -2.10. The van der Waals surface area contributed by atoms with Crippen LogP contribution in [0.25, 0.3) is 0 Å². The molecule has 8 heteroatoms. The molecule has 0 aliphatic carbocycles. The van der Waals surface area contributed by atoms with Gasteiger partial charge in [-0.25, -0.2) is 9.59 Å². The Bertz CT molecular complexity index is 464. The van der Waals surface area contributed by atoms with E-state index in [4.69, 9.17) is 19.8 Å². The molecule has 0 unspecified atom stereocenters. The second-order valence-corrected chi connectivity index (χ2v) is 5.90. The maximum atomic E-state index is 11.4. The first-order valence-electron chi connectivity index (χ1n) is 4.74. The smallest absolute Gasteiger partial charge is 0.398 e. The molecule has 96 valence electrons. The van der Waals surface area contributed by atoms with Crippen molar-refractivity contribution in [1.29, 1.82) is 0 Å². The molecule has 2 heterocycles. The van der Waals surface area contributed by atoms with Gasteiger partial charge < -0.3 is 19.8 Å². The lowest BCUT2D eigenvalue weighted by Crippen LogP contribution is -2.16. The molecule has 0 spiro atoms. The van der Waals surface area contributed by atoms with E-state index in [0.717, 1.165) is 0 Å². The third-order valence-electron chi connectivity index (χ3n) is 1.80. The van der Waals surface area contributed by atoms with Crippen LogP contribution in [0, 0.1) is 0 Å². The molecule has 0 saturated carbocycles. The van der Waals surface area contributed by atoms with Gasteiger partial charge in [-0.05, 0) is 12.2 Å². The SMILES string of the molecule is NC1=C[S](OC(=O)C(=O)O[S]2C=CC(N)=C2)C=C1. The number of nitrogens with two attached hydrogens (primary N) is 2. The largest absolute Gasteiger partial charge is 0.430 e. The predicted octanol–water partition coefficient (Wildman–Crippen LogP) is 1.10. The van der Waals surface area contributed by atoms with E-state index in [1.165, 1.54) is 0 Å². The van der Waals surface area contributed by atoms with Gasteiger partial charge in [0.2, 0.25) is 0 Å². The Balaban J connectivity index is 1.85. The van der Waals surface area contributed by atoms with Crippen molar-refractivity contribution in [3.63, 3.8) is 0 Å². The van der Waals surface area contributed by atoms with Crippen molar-refractivity contribution in [2.24, 2.45) is 11.5 Å². The number of allylic oxidation sites excluding steroid dienone is 2. The molecule has 2 aliphatic heterocycles. The van der Waals surface area contributed by atoms with Gasteiger partial charge in [0.15, 0.2) is 0 Å². The van der Waals surface area contributed by atoms with E-state index in [2.05, 4.69) is 0 Å². The van der Waals surface area contributed by atoms with Gasteiger partial charge in [-0.15, -0.1) is 0 Å². The van der Waals surface area contributed by atoms with Crippen LogP contribution in [0.4, 0.5) is 0 Å². The highest BCUT2D eigenvalue weighted by Crippen LogP contribution is 2.38. The molecule has 4 N–H and O–H groups in total. The average molecular weight is 286 g/mol. The van der Waals surface area contributed by atoms with Crippen molar-refractivity contribution in [1.82, 2.24) is 0 Å². The van der Waals surface area contributed by atoms with Crippen LogP contribution in [-0.4, -0.2) is 11.9 Å². The summed E-state index contributed by atoms with van der Waals surface area (Å²) >= 11 is -1.78. The van der Waals surface area contributed by atoms with Gasteiger partial charge in [0.1, 0.15) is 0 Å². The van der Waals surface area contributed by atoms with E-state index >= 15 is 0 Å². The normalized spacial score (nSPS) is 18.7.